The first-order chi connectivity index (χ1) is 11.2. The summed E-state index contributed by atoms with van der Waals surface area (Å²) in [7, 11) is 3.22. The van der Waals surface area contributed by atoms with Crippen molar-refractivity contribution in [2.24, 2.45) is 0 Å². The van der Waals surface area contributed by atoms with Gasteiger partial charge >= 0.3 is 0 Å². The third kappa shape index (κ3) is 3.49. The Bertz CT molecular complexity index is 649. The molecule has 1 aliphatic carbocycles. The number of ether oxygens (including phenoxy) is 2. The molecule has 0 aliphatic heterocycles. The zero-order valence-corrected chi connectivity index (χ0v) is 13.6. The third-order valence-electron chi connectivity index (χ3n) is 4.45. The minimum absolute atomic E-state index is 0.313. The zero-order valence-electron chi connectivity index (χ0n) is 13.6. The van der Waals surface area contributed by atoms with E-state index in [1.807, 2.05) is 12.1 Å². The van der Waals surface area contributed by atoms with Gasteiger partial charge < -0.3 is 19.9 Å². The monoisotopic (exact) mass is 313 g/mol. The fourth-order valence-corrected chi connectivity index (χ4v) is 3.16. The number of aliphatic hydroxyl groups excluding tert-OH is 1. The van der Waals surface area contributed by atoms with Crippen LogP contribution in [0.1, 0.15) is 35.3 Å². The number of rotatable bonds is 6. The molecule has 0 amide bonds. The van der Waals surface area contributed by atoms with E-state index in [4.69, 9.17) is 9.47 Å². The van der Waals surface area contributed by atoms with E-state index in [0.29, 0.717) is 24.1 Å². The van der Waals surface area contributed by atoms with Gasteiger partial charge in [-0.05, 0) is 41.7 Å². The molecule has 1 aliphatic rings. The van der Waals surface area contributed by atoms with E-state index in [2.05, 4.69) is 29.6 Å². The summed E-state index contributed by atoms with van der Waals surface area (Å²) in [6.45, 7) is 0.495. The van der Waals surface area contributed by atoms with Gasteiger partial charge in [0.15, 0.2) is 0 Å². The zero-order chi connectivity index (χ0) is 16.2. The van der Waals surface area contributed by atoms with E-state index in [1.165, 1.54) is 11.1 Å². The van der Waals surface area contributed by atoms with Crippen molar-refractivity contribution in [1.82, 2.24) is 5.32 Å². The van der Waals surface area contributed by atoms with Crippen molar-refractivity contribution in [1.29, 1.82) is 0 Å². The number of hydrogen-bond acceptors (Lipinski definition) is 4. The first kappa shape index (κ1) is 15.8. The van der Waals surface area contributed by atoms with Gasteiger partial charge in [-0.25, -0.2) is 0 Å². The Morgan fingerprint density at radius 3 is 2.52 bits per heavy atom. The molecule has 122 valence electrons. The van der Waals surface area contributed by atoms with Crippen LogP contribution in [0, 0.1) is 0 Å². The average Bonchev–Trinajstić information content (AvgIpc) is 3.02. The fraction of sp³-hybridized carbons (Fsp3) is 0.368. The van der Waals surface area contributed by atoms with Crippen LogP contribution in [0.2, 0.25) is 0 Å². The van der Waals surface area contributed by atoms with Crippen molar-refractivity contribution in [3.8, 4) is 11.5 Å². The maximum Gasteiger partial charge on any atom is 0.122 e. The maximum atomic E-state index is 10.5. The van der Waals surface area contributed by atoms with E-state index < -0.39 is 6.10 Å². The van der Waals surface area contributed by atoms with Crippen LogP contribution in [0.25, 0.3) is 0 Å². The SMILES string of the molecule is COc1cc(OC)cc(C(O)CNC2CCc3ccccc32)c1. The van der Waals surface area contributed by atoms with Gasteiger partial charge in [0.25, 0.3) is 0 Å². The quantitative estimate of drug-likeness (QED) is 0.861. The number of aliphatic hydroxyl groups is 1. The van der Waals surface area contributed by atoms with E-state index in [9.17, 15) is 5.11 Å². The van der Waals surface area contributed by atoms with Crippen LogP contribution in [-0.4, -0.2) is 25.9 Å². The summed E-state index contributed by atoms with van der Waals surface area (Å²) in [5.74, 6) is 1.37. The van der Waals surface area contributed by atoms with Crippen molar-refractivity contribution in [3.63, 3.8) is 0 Å². The second-order valence-corrected chi connectivity index (χ2v) is 5.86. The number of nitrogens with one attached hydrogen (secondary N) is 1. The molecule has 0 saturated heterocycles. The van der Waals surface area contributed by atoms with Crippen LogP contribution in [0.4, 0.5) is 0 Å². The smallest absolute Gasteiger partial charge is 0.122 e. The van der Waals surface area contributed by atoms with Crippen molar-refractivity contribution >= 4 is 0 Å². The minimum atomic E-state index is -0.605. The van der Waals surface area contributed by atoms with Gasteiger partial charge in [0.1, 0.15) is 11.5 Å². The van der Waals surface area contributed by atoms with E-state index in [0.717, 1.165) is 18.4 Å². The highest BCUT2D eigenvalue weighted by Crippen LogP contribution is 2.31. The number of benzene rings is 2. The molecule has 0 fully saturated rings. The highest BCUT2D eigenvalue weighted by molar-refractivity contribution is 5.39. The molecule has 0 heterocycles. The predicted molar refractivity (Wildman–Crippen MR) is 90.0 cm³/mol. The Morgan fingerprint density at radius 1 is 1.13 bits per heavy atom. The van der Waals surface area contributed by atoms with Gasteiger partial charge in [0.2, 0.25) is 0 Å². The number of hydrogen-bond donors (Lipinski definition) is 2. The first-order valence-corrected chi connectivity index (χ1v) is 7.93. The molecular weight excluding hydrogens is 290 g/mol. The molecule has 4 nitrogen and oxygen atoms in total. The number of fused-ring (bicyclic) bond motifs is 1. The molecule has 0 radical (unpaired) electrons. The Labute approximate surface area is 137 Å². The molecule has 2 atom stereocenters. The summed E-state index contributed by atoms with van der Waals surface area (Å²) in [4.78, 5) is 0. The lowest BCUT2D eigenvalue weighted by Gasteiger charge is -2.18. The average molecular weight is 313 g/mol. The summed E-state index contributed by atoms with van der Waals surface area (Å²) in [5, 5.41) is 14.0. The van der Waals surface area contributed by atoms with Crippen molar-refractivity contribution in [3.05, 3.63) is 59.2 Å². The molecule has 2 aromatic rings. The van der Waals surface area contributed by atoms with Gasteiger partial charge in [-0.1, -0.05) is 24.3 Å². The highest BCUT2D eigenvalue weighted by atomic mass is 16.5. The van der Waals surface area contributed by atoms with Crippen molar-refractivity contribution in [2.75, 3.05) is 20.8 Å². The van der Waals surface area contributed by atoms with Gasteiger partial charge in [-0.2, -0.15) is 0 Å². The Hall–Kier alpha value is -2.04. The number of aryl methyl sites for hydroxylation is 1. The molecule has 2 unspecified atom stereocenters. The summed E-state index contributed by atoms with van der Waals surface area (Å²) >= 11 is 0. The standard InChI is InChI=1S/C19H23NO3/c1-22-15-9-14(10-16(11-15)23-2)19(21)12-20-18-8-7-13-5-3-4-6-17(13)18/h3-6,9-11,18-21H,7-8,12H2,1-2H3. The lowest BCUT2D eigenvalue weighted by Crippen LogP contribution is -2.25. The molecule has 0 bridgehead atoms. The van der Waals surface area contributed by atoms with Crippen LogP contribution >= 0.6 is 0 Å². The highest BCUT2D eigenvalue weighted by Gasteiger charge is 2.22. The summed E-state index contributed by atoms with van der Waals surface area (Å²) in [6, 6.07) is 14.3. The third-order valence-corrected chi connectivity index (χ3v) is 4.45. The van der Waals surface area contributed by atoms with E-state index in [-0.39, 0.29) is 0 Å². The molecule has 2 N–H and O–H groups in total. The fourth-order valence-electron chi connectivity index (χ4n) is 3.16. The van der Waals surface area contributed by atoms with Crippen LogP contribution in [0.3, 0.4) is 0 Å². The number of methoxy groups -OCH3 is 2. The van der Waals surface area contributed by atoms with E-state index >= 15 is 0 Å². The molecule has 4 heteroatoms. The Morgan fingerprint density at radius 2 is 1.83 bits per heavy atom. The lowest BCUT2D eigenvalue weighted by molar-refractivity contribution is 0.169. The normalized spacial score (nSPS) is 17.6. The van der Waals surface area contributed by atoms with Crippen LogP contribution < -0.4 is 14.8 Å². The van der Waals surface area contributed by atoms with Gasteiger partial charge in [-0.15, -0.1) is 0 Å². The Balaban J connectivity index is 1.67. The minimum Gasteiger partial charge on any atom is -0.497 e. The summed E-state index contributed by atoms with van der Waals surface area (Å²) in [6.07, 6.45) is 1.57. The molecule has 2 aromatic carbocycles. The molecule has 3 rings (SSSR count). The van der Waals surface area contributed by atoms with Gasteiger partial charge in [0.05, 0.1) is 20.3 Å². The molecule has 0 spiro atoms. The second kappa shape index (κ2) is 7.02. The first-order valence-electron chi connectivity index (χ1n) is 7.93. The van der Waals surface area contributed by atoms with E-state index in [1.54, 1.807) is 20.3 Å². The summed E-state index contributed by atoms with van der Waals surface area (Å²) < 4.78 is 10.5. The topological polar surface area (TPSA) is 50.7 Å². The van der Waals surface area contributed by atoms with Gasteiger partial charge in [0, 0.05) is 18.7 Å². The molecule has 0 aromatic heterocycles. The summed E-state index contributed by atoms with van der Waals surface area (Å²) in [5.41, 5.74) is 3.55. The van der Waals surface area contributed by atoms with Gasteiger partial charge in [-0.3, -0.25) is 0 Å². The maximum absolute atomic E-state index is 10.5. The largest absolute Gasteiger partial charge is 0.497 e. The van der Waals surface area contributed by atoms with Crippen LogP contribution in [0.5, 0.6) is 11.5 Å². The lowest BCUT2D eigenvalue weighted by atomic mass is 10.1. The predicted octanol–water partition coefficient (Wildman–Crippen LogP) is 3.01. The molecule has 23 heavy (non-hydrogen) atoms. The van der Waals surface area contributed by atoms with Crippen molar-refractivity contribution in [2.45, 2.75) is 25.0 Å². The van der Waals surface area contributed by atoms with Crippen LogP contribution in [-0.2, 0) is 6.42 Å². The molecular formula is C19H23NO3. The van der Waals surface area contributed by atoms with Crippen LogP contribution in [0.15, 0.2) is 42.5 Å². The Kier molecular flexibility index (Phi) is 4.84. The molecule has 0 saturated carbocycles. The van der Waals surface area contributed by atoms with Crippen molar-refractivity contribution < 1.29 is 14.6 Å². The second-order valence-electron chi connectivity index (χ2n) is 5.86.